The number of amides is 2. The lowest BCUT2D eigenvalue weighted by atomic mass is 9.89. The summed E-state index contributed by atoms with van der Waals surface area (Å²) in [6, 6.07) is -0.431. The molecule has 0 aliphatic carbocycles. The van der Waals surface area contributed by atoms with Gasteiger partial charge >= 0.3 is 12.0 Å². The number of hydrogen-bond acceptors (Lipinski definition) is 4. The number of carbonyl (C=O) groups excluding carboxylic acids is 1. The van der Waals surface area contributed by atoms with E-state index in [9.17, 15) is 14.7 Å². The second-order valence-electron chi connectivity index (χ2n) is 4.75. The van der Waals surface area contributed by atoms with E-state index < -0.39 is 17.5 Å². The van der Waals surface area contributed by atoms with Crippen LogP contribution in [0.1, 0.15) is 26.2 Å². The molecule has 0 aromatic carbocycles. The molecule has 0 spiro atoms. The van der Waals surface area contributed by atoms with Crippen LogP contribution in [0.15, 0.2) is 18.7 Å². The Morgan fingerprint density at radius 3 is 2.68 bits per heavy atom. The van der Waals surface area contributed by atoms with Crippen molar-refractivity contribution in [3.8, 4) is 0 Å². The van der Waals surface area contributed by atoms with Crippen LogP contribution in [0.2, 0.25) is 0 Å². The average molecular weight is 264 g/mol. The molecule has 102 valence electrons. The maximum atomic E-state index is 12.2. The number of likely N-dealkylation sites (tertiary alicyclic amines) is 1. The monoisotopic (exact) mass is 264 g/mol. The van der Waals surface area contributed by atoms with Crippen LogP contribution in [0.5, 0.6) is 0 Å². The van der Waals surface area contributed by atoms with E-state index in [0.29, 0.717) is 18.7 Å². The van der Waals surface area contributed by atoms with Gasteiger partial charge in [0.1, 0.15) is 11.9 Å². The first-order chi connectivity index (χ1) is 9.04. The van der Waals surface area contributed by atoms with Crippen molar-refractivity contribution in [2.45, 2.75) is 31.7 Å². The highest BCUT2D eigenvalue weighted by Crippen LogP contribution is 2.28. The first-order valence-corrected chi connectivity index (χ1v) is 6.11. The fourth-order valence-corrected chi connectivity index (χ4v) is 2.22. The first kappa shape index (κ1) is 13.3. The number of rotatable bonds is 2. The molecular formula is C12H16N4O3. The number of carboxylic acids is 1. The van der Waals surface area contributed by atoms with Gasteiger partial charge in [-0.25, -0.2) is 19.6 Å². The van der Waals surface area contributed by atoms with Gasteiger partial charge in [0, 0.05) is 6.54 Å². The number of piperidine rings is 1. The second kappa shape index (κ2) is 5.21. The molecule has 1 fully saturated rings. The van der Waals surface area contributed by atoms with Crippen molar-refractivity contribution in [2.75, 3.05) is 11.9 Å². The zero-order valence-electron chi connectivity index (χ0n) is 10.7. The molecular weight excluding hydrogens is 248 g/mol. The van der Waals surface area contributed by atoms with E-state index >= 15 is 0 Å². The topological polar surface area (TPSA) is 95.4 Å². The van der Waals surface area contributed by atoms with Gasteiger partial charge < -0.3 is 15.3 Å². The number of hydrogen-bond donors (Lipinski definition) is 2. The molecule has 1 aliphatic rings. The molecule has 1 aromatic rings. The predicted octanol–water partition coefficient (Wildman–Crippen LogP) is 1.34. The fourth-order valence-electron chi connectivity index (χ4n) is 2.22. The molecule has 7 nitrogen and oxygen atoms in total. The molecule has 1 saturated heterocycles. The highest BCUT2D eigenvalue weighted by molar-refractivity contribution is 5.93. The minimum absolute atomic E-state index is 0.431. The maximum Gasteiger partial charge on any atom is 0.329 e. The summed E-state index contributed by atoms with van der Waals surface area (Å²) in [7, 11) is 0. The number of carboxylic acid groups (broad SMARTS) is 1. The van der Waals surface area contributed by atoms with Crippen LogP contribution in [0.4, 0.5) is 10.5 Å². The molecule has 2 heterocycles. The number of carbonyl (C=O) groups is 2. The Labute approximate surface area is 110 Å². The molecule has 2 N–H and O–H groups in total. The van der Waals surface area contributed by atoms with Crippen molar-refractivity contribution in [1.82, 2.24) is 14.9 Å². The zero-order chi connectivity index (χ0) is 13.9. The standard InChI is InChI=1S/C12H16N4O3/c1-12(10(17)18)4-2-3-5-16(12)11(19)15-9-6-13-8-14-7-9/h6-8H,2-5H2,1H3,(H,15,19)(H,17,18). The van der Waals surface area contributed by atoms with Gasteiger partial charge in [-0.05, 0) is 26.2 Å². The number of anilines is 1. The molecule has 7 heteroatoms. The van der Waals surface area contributed by atoms with Gasteiger partial charge in [-0.15, -0.1) is 0 Å². The van der Waals surface area contributed by atoms with Crippen molar-refractivity contribution >= 4 is 17.7 Å². The SMILES string of the molecule is CC1(C(=O)O)CCCCN1C(=O)Nc1cncnc1. The fraction of sp³-hybridized carbons (Fsp3) is 0.500. The van der Waals surface area contributed by atoms with Crippen LogP contribution in [-0.2, 0) is 4.79 Å². The van der Waals surface area contributed by atoms with Crippen LogP contribution >= 0.6 is 0 Å². The Morgan fingerprint density at radius 1 is 1.37 bits per heavy atom. The number of nitrogens with zero attached hydrogens (tertiary/aromatic N) is 3. The molecule has 1 aromatic heterocycles. The van der Waals surface area contributed by atoms with E-state index in [1.165, 1.54) is 23.6 Å². The third kappa shape index (κ3) is 2.64. The summed E-state index contributed by atoms with van der Waals surface area (Å²) in [5, 5.41) is 12.0. The number of aliphatic carboxylic acids is 1. The Morgan fingerprint density at radius 2 is 2.05 bits per heavy atom. The van der Waals surface area contributed by atoms with E-state index in [1.54, 1.807) is 6.92 Å². The maximum absolute atomic E-state index is 12.2. The van der Waals surface area contributed by atoms with Gasteiger partial charge in [0.15, 0.2) is 0 Å². The summed E-state index contributed by atoms with van der Waals surface area (Å²) in [4.78, 5) is 32.5. The predicted molar refractivity (Wildman–Crippen MR) is 67.6 cm³/mol. The first-order valence-electron chi connectivity index (χ1n) is 6.11. The lowest BCUT2D eigenvalue weighted by Gasteiger charge is -2.41. The molecule has 0 bridgehead atoms. The number of nitrogens with one attached hydrogen (secondary N) is 1. The van der Waals surface area contributed by atoms with Gasteiger partial charge in [-0.1, -0.05) is 0 Å². The molecule has 19 heavy (non-hydrogen) atoms. The summed E-state index contributed by atoms with van der Waals surface area (Å²) in [5.41, 5.74) is -0.705. The van der Waals surface area contributed by atoms with Crippen molar-refractivity contribution in [3.05, 3.63) is 18.7 Å². The van der Waals surface area contributed by atoms with Crippen LogP contribution in [0.25, 0.3) is 0 Å². The van der Waals surface area contributed by atoms with E-state index in [-0.39, 0.29) is 0 Å². The Hall–Kier alpha value is -2.18. The van der Waals surface area contributed by atoms with Gasteiger partial charge in [0.05, 0.1) is 18.1 Å². The Balaban J connectivity index is 2.14. The highest BCUT2D eigenvalue weighted by atomic mass is 16.4. The van der Waals surface area contributed by atoms with Crippen molar-refractivity contribution < 1.29 is 14.7 Å². The highest BCUT2D eigenvalue weighted by Gasteiger charge is 2.43. The van der Waals surface area contributed by atoms with Gasteiger partial charge in [-0.3, -0.25) is 0 Å². The van der Waals surface area contributed by atoms with Crippen molar-refractivity contribution in [3.63, 3.8) is 0 Å². The molecule has 1 atom stereocenters. The van der Waals surface area contributed by atoms with Crippen molar-refractivity contribution in [1.29, 1.82) is 0 Å². The number of aromatic nitrogens is 2. The normalized spacial score (nSPS) is 22.9. The van der Waals surface area contributed by atoms with E-state index in [1.807, 2.05) is 0 Å². The molecule has 2 amide bonds. The summed E-state index contributed by atoms with van der Waals surface area (Å²) >= 11 is 0. The summed E-state index contributed by atoms with van der Waals surface area (Å²) in [6.45, 7) is 2.01. The molecule has 2 rings (SSSR count). The van der Waals surface area contributed by atoms with E-state index in [0.717, 1.165) is 12.8 Å². The lowest BCUT2D eigenvalue weighted by molar-refractivity contribution is -0.150. The van der Waals surface area contributed by atoms with Gasteiger partial charge in [0.2, 0.25) is 0 Å². The van der Waals surface area contributed by atoms with Crippen LogP contribution in [0.3, 0.4) is 0 Å². The average Bonchev–Trinajstić information content (AvgIpc) is 2.40. The quantitative estimate of drug-likeness (QED) is 0.840. The van der Waals surface area contributed by atoms with Crippen LogP contribution in [0, 0.1) is 0 Å². The summed E-state index contributed by atoms with van der Waals surface area (Å²) < 4.78 is 0. The molecule has 1 aliphatic heterocycles. The zero-order valence-corrected chi connectivity index (χ0v) is 10.7. The Bertz CT molecular complexity index is 479. The largest absolute Gasteiger partial charge is 0.480 e. The Kier molecular flexibility index (Phi) is 3.64. The second-order valence-corrected chi connectivity index (χ2v) is 4.75. The molecule has 1 unspecified atom stereocenters. The lowest BCUT2D eigenvalue weighted by Crippen LogP contribution is -2.58. The van der Waals surface area contributed by atoms with Crippen LogP contribution in [-0.4, -0.2) is 44.1 Å². The van der Waals surface area contributed by atoms with Gasteiger partial charge in [0.25, 0.3) is 0 Å². The molecule has 0 radical (unpaired) electrons. The van der Waals surface area contributed by atoms with E-state index in [4.69, 9.17) is 0 Å². The molecule has 0 saturated carbocycles. The van der Waals surface area contributed by atoms with E-state index in [2.05, 4.69) is 15.3 Å². The minimum Gasteiger partial charge on any atom is -0.480 e. The van der Waals surface area contributed by atoms with Crippen molar-refractivity contribution in [2.24, 2.45) is 0 Å². The third-order valence-electron chi connectivity index (χ3n) is 3.41. The van der Waals surface area contributed by atoms with Gasteiger partial charge in [-0.2, -0.15) is 0 Å². The minimum atomic E-state index is -1.15. The smallest absolute Gasteiger partial charge is 0.329 e. The third-order valence-corrected chi connectivity index (χ3v) is 3.41. The van der Waals surface area contributed by atoms with Crippen LogP contribution < -0.4 is 5.32 Å². The summed E-state index contributed by atoms with van der Waals surface area (Å²) in [5.74, 6) is -0.980. The number of urea groups is 1. The summed E-state index contributed by atoms with van der Waals surface area (Å²) in [6.07, 6.45) is 6.36.